The molecule has 1 aromatic carbocycles. The monoisotopic (exact) mass is 397 g/mol. The number of ether oxygens (including phenoxy) is 2. The molecule has 1 atom stereocenters. The summed E-state index contributed by atoms with van der Waals surface area (Å²) in [6.07, 6.45) is 1.10. The molecule has 3 rings (SSSR count). The fourth-order valence-electron chi connectivity index (χ4n) is 2.08. The number of carbonyl (C=O) groups excluding carboxylic acids is 1. The van der Waals surface area contributed by atoms with E-state index in [1.165, 1.54) is 23.1 Å². The van der Waals surface area contributed by atoms with Gasteiger partial charge in [0.1, 0.15) is 0 Å². The van der Waals surface area contributed by atoms with Gasteiger partial charge in [-0.25, -0.2) is 0 Å². The van der Waals surface area contributed by atoms with E-state index in [1.54, 1.807) is 11.8 Å². The fraction of sp³-hybridized carbons (Fsp3) is 0.438. The number of nitrogens with zero attached hydrogens (tertiary/aromatic N) is 2. The van der Waals surface area contributed by atoms with Gasteiger partial charge < -0.3 is 14.8 Å². The molecule has 0 bridgehead atoms. The molecular weight excluding hydrogens is 378 g/mol. The van der Waals surface area contributed by atoms with Crippen molar-refractivity contribution in [2.75, 3.05) is 12.5 Å². The minimum Gasteiger partial charge on any atom is -0.454 e. The molecule has 1 aliphatic rings. The van der Waals surface area contributed by atoms with E-state index in [1.807, 2.05) is 25.1 Å². The van der Waals surface area contributed by atoms with E-state index in [0.717, 1.165) is 37.9 Å². The van der Waals surface area contributed by atoms with E-state index in [0.29, 0.717) is 6.54 Å². The van der Waals surface area contributed by atoms with E-state index in [9.17, 15) is 4.79 Å². The molecule has 1 aromatic heterocycles. The lowest BCUT2D eigenvalue weighted by Crippen LogP contribution is -2.30. The zero-order valence-corrected chi connectivity index (χ0v) is 16.4. The molecule has 0 fully saturated rings. The first kappa shape index (κ1) is 18.3. The van der Waals surface area contributed by atoms with Crippen LogP contribution in [0.5, 0.6) is 11.5 Å². The number of amides is 1. The van der Waals surface area contributed by atoms with Crippen LogP contribution in [-0.2, 0) is 11.3 Å². The average Bonchev–Trinajstić information content (AvgIpc) is 3.26. The van der Waals surface area contributed by atoms with E-state index in [4.69, 9.17) is 9.47 Å². The fourth-order valence-corrected chi connectivity index (χ4v) is 5.19. The normalized spacial score (nSPS) is 13.7. The van der Waals surface area contributed by atoms with Gasteiger partial charge in [0.25, 0.3) is 0 Å². The highest BCUT2D eigenvalue weighted by molar-refractivity contribution is 8.03. The average molecular weight is 398 g/mol. The van der Waals surface area contributed by atoms with Crippen LogP contribution in [0.1, 0.15) is 25.8 Å². The highest BCUT2D eigenvalue weighted by Crippen LogP contribution is 2.33. The summed E-state index contributed by atoms with van der Waals surface area (Å²) in [5, 5.41) is 11.0. The molecule has 0 spiro atoms. The van der Waals surface area contributed by atoms with Crippen LogP contribution in [0, 0.1) is 0 Å². The molecule has 25 heavy (non-hydrogen) atoms. The Labute approximate surface area is 159 Å². The summed E-state index contributed by atoms with van der Waals surface area (Å²) in [4.78, 5) is 12.3. The topological polar surface area (TPSA) is 73.3 Å². The van der Waals surface area contributed by atoms with Gasteiger partial charge >= 0.3 is 0 Å². The Morgan fingerprint density at radius 2 is 2.12 bits per heavy atom. The minimum atomic E-state index is -0.231. The van der Waals surface area contributed by atoms with Crippen molar-refractivity contribution >= 4 is 40.8 Å². The number of nitrogens with one attached hydrogen (secondary N) is 1. The van der Waals surface area contributed by atoms with Crippen LogP contribution in [0.4, 0.5) is 0 Å². The zero-order chi connectivity index (χ0) is 17.6. The zero-order valence-electron chi connectivity index (χ0n) is 14.0. The summed E-state index contributed by atoms with van der Waals surface area (Å²) in [7, 11) is 0. The number of benzene rings is 1. The van der Waals surface area contributed by atoms with Gasteiger partial charge in [-0.05, 0) is 31.0 Å². The van der Waals surface area contributed by atoms with Crippen LogP contribution >= 0.6 is 34.9 Å². The second-order valence-electron chi connectivity index (χ2n) is 5.35. The summed E-state index contributed by atoms with van der Waals surface area (Å²) in [5.41, 5.74) is 0.976. The Hall–Kier alpha value is -1.45. The molecule has 0 radical (unpaired) electrons. The number of aromatic nitrogens is 2. The summed E-state index contributed by atoms with van der Waals surface area (Å²) in [5.74, 6) is 2.47. The number of carbonyl (C=O) groups is 1. The molecule has 1 aliphatic heterocycles. The van der Waals surface area contributed by atoms with Crippen molar-refractivity contribution in [3.8, 4) is 11.5 Å². The van der Waals surface area contributed by atoms with Crippen molar-refractivity contribution < 1.29 is 14.3 Å². The Balaban J connectivity index is 1.48. The Bertz CT molecular complexity index is 738. The molecule has 0 aliphatic carbocycles. The van der Waals surface area contributed by atoms with E-state index < -0.39 is 0 Å². The third-order valence-electron chi connectivity index (χ3n) is 3.37. The lowest BCUT2D eigenvalue weighted by molar-refractivity contribution is -0.120. The molecule has 1 N–H and O–H groups in total. The van der Waals surface area contributed by atoms with Crippen LogP contribution in [0.15, 0.2) is 26.9 Å². The minimum absolute atomic E-state index is 0.0272. The maximum Gasteiger partial charge on any atom is 0.233 e. The molecule has 1 amide bonds. The maximum absolute atomic E-state index is 12.3. The first-order chi connectivity index (χ1) is 12.2. The first-order valence-corrected chi connectivity index (χ1v) is 10.6. The van der Waals surface area contributed by atoms with E-state index >= 15 is 0 Å². The largest absolute Gasteiger partial charge is 0.454 e. The Morgan fingerprint density at radius 3 is 2.96 bits per heavy atom. The van der Waals surface area contributed by atoms with Gasteiger partial charge in [-0.1, -0.05) is 47.9 Å². The van der Waals surface area contributed by atoms with Gasteiger partial charge in [-0.15, -0.1) is 10.2 Å². The van der Waals surface area contributed by atoms with Crippen molar-refractivity contribution in [1.82, 2.24) is 15.5 Å². The maximum atomic E-state index is 12.3. The van der Waals surface area contributed by atoms with E-state index in [2.05, 4.69) is 22.4 Å². The predicted octanol–water partition coefficient (Wildman–Crippen LogP) is 3.57. The molecule has 9 heteroatoms. The molecule has 0 unspecified atom stereocenters. The van der Waals surface area contributed by atoms with Crippen molar-refractivity contribution in [2.45, 2.75) is 40.7 Å². The number of thioether (sulfide) groups is 2. The molecule has 0 saturated carbocycles. The van der Waals surface area contributed by atoms with Gasteiger partial charge in [-0.2, -0.15) is 0 Å². The standard InChI is InChI=1S/C16H19N3O3S3/c1-3-6-23-15-18-19-16(25-15)24-10(2)14(20)17-8-11-4-5-12-13(7-11)22-9-21-12/h4-5,7,10H,3,6,8-9H2,1-2H3,(H,17,20)/t10-/m1/s1. The third-order valence-corrected chi connectivity index (χ3v) is 6.81. The molecular formula is C16H19N3O3S3. The number of hydrogen-bond donors (Lipinski definition) is 1. The second-order valence-corrected chi connectivity index (χ2v) is 9.26. The number of rotatable bonds is 8. The van der Waals surface area contributed by atoms with Crippen molar-refractivity contribution in [2.24, 2.45) is 0 Å². The number of fused-ring (bicyclic) bond motifs is 1. The molecule has 134 valence electrons. The first-order valence-electron chi connectivity index (χ1n) is 7.95. The van der Waals surface area contributed by atoms with Gasteiger partial charge in [0.05, 0.1) is 5.25 Å². The highest BCUT2D eigenvalue weighted by atomic mass is 32.2. The van der Waals surface area contributed by atoms with Gasteiger partial charge in [-0.3, -0.25) is 4.79 Å². The SMILES string of the molecule is CCCSc1nnc(S[C@H](C)C(=O)NCc2ccc3c(c2)OCO3)s1. The summed E-state index contributed by atoms with van der Waals surface area (Å²) in [6, 6.07) is 5.68. The van der Waals surface area contributed by atoms with Gasteiger partial charge in [0.15, 0.2) is 20.2 Å². The molecule has 6 nitrogen and oxygen atoms in total. The summed E-state index contributed by atoms with van der Waals surface area (Å²) in [6.45, 7) is 4.71. The summed E-state index contributed by atoms with van der Waals surface area (Å²) >= 11 is 4.68. The van der Waals surface area contributed by atoms with Gasteiger partial charge in [0, 0.05) is 12.3 Å². The molecule has 2 aromatic rings. The van der Waals surface area contributed by atoms with Crippen molar-refractivity contribution in [3.05, 3.63) is 23.8 Å². The predicted molar refractivity (Wildman–Crippen MR) is 101 cm³/mol. The van der Waals surface area contributed by atoms with Crippen LogP contribution < -0.4 is 14.8 Å². The molecule has 2 heterocycles. The van der Waals surface area contributed by atoms with Crippen molar-refractivity contribution in [3.63, 3.8) is 0 Å². The van der Waals surface area contributed by atoms with Crippen LogP contribution in [-0.4, -0.2) is 33.9 Å². The smallest absolute Gasteiger partial charge is 0.233 e. The van der Waals surface area contributed by atoms with Crippen LogP contribution in [0.3, 0.4) is 0 Å². The summed E-state index contributed by atoms with van der Waals surface area (Å²) < 4.78 is 12.4. The van der Waals surface area contributed by atoms with E-state index in [-0.39, 0.29) is 18.0 Å². The van der Waals surface area contributed by atoms with Crippen molar-refractivity contribution in [1.29, 1.82) is 0 Å². The molecule has 0 saturated heterocycles. The number of hydrogen-bond acceptors (Lipinski definition) is 8. The highest BCUT2D eigenvalue weighted by Gasteiger charge is 2.18. The quantitative estimate of drug-likeness (QED) is 0.683. The lowest BCUT2D eigenvalue weighted by atomic mass is 10.2. The van der Waals surface area contributed by atoms with Crippen LogP contribution in [0.2, 0.25) is 0 Å². The second kappa shape index (κ2) is 8.77. The van der Waals surface area contributed by atoms with Gasteiger partial charge in [0.2, 0.25) is 12.7 Å². The lowest BCUT2D eigenvalue weighted by Gasteiger charge is -2.10. The third kappa shape index (κ3) is 5.02. The Kier molecular flexibility index (Phi) is 6.44. The Morgan fingerprint density at radius 1 is 1.32 bits per heavy atom. The van der Waals surface area contributed by atoms with Crippen LogP contribution in [0.25, 0.3) is 0 Å².